The molecule has 1 N–H and O–H groups in total. The van der Waals surface area contributed by atoms with Gasteiger partial charge < -0.3 is 19.7 Å². The second kappa shape index (κ2) is 9.48. The van der Waals surface area contributed by atoms with E-state index in [1.165, 1.54) is 6.07 Å². The molecule has 0 saturated carbocycles. The zero-order chi connectivity index (χ0) is 19.2. The highest BCUT2D eigenvalue weighted by Crippen LogP contribution is 2.23. The quantitative estimate of drug-likeness (QED) is 0.824. The van der Waals surface area contributed by atoms with Gasteiger partial charge in [-0.1, -0.05) is 18.2 Å². The predicted molar refractivity (Wildman–Crippen MR) is 101 cm³/mol. The minimum Gasteiger partial charge on any atom is -0.381 e. The van der Waals surface area contributed by atoms with Crippen LogP contribution in [0.15, 0.2) is 24.3 Å². The normalized spacial score (nSPS) is 23.0. The van der Waals surface area contributed by atoms with Gasteiger partial charge in [0.2, 0.25) is 0 Å². The van der Waals surface area contributed by atoms with Crippen LogP contribution < -0.4 is 5.32 Å². The van der Waals surface area contributed by atoms with Crippen LogP contribution in [0, 0.1) is 11.7 Å². The van der Waals surface area contributed by atoms with E-state index in [-0.39, 0.29) is 23.9 Å². The average molecular weight is 379 g/mol. The predicted octanol–water partition coefficient (Wildman–Crippen LogP) is 2.27. The number of amides is 2. The molecule has 0 radical (unpaired) electrons. The lowest BCUT2D eigenvalue weighted by Crippen LogP contribution is -2.53. The van der Waals surface area contributed by atoms with Gasteiger partial charge in [-0.25, -0.2) is 9.18 Å². The van der Waals surface area contributed by atoms with Crippen molar-refractivity contribution < 1.29 is 18.7 Å². The third kappa shape index (κ3) is 4.97. The van der Waals surface area contributed by atoms with E-state index in [2.05, 4.69) is 10.2 Å². The highest BCUT2D eigenvalue weighted by molar-refractivity contribution is 5.74. The summed E-state index contributed by atoms with van der Waals surface area (Å²) in [6, 6.07) is 6.28. The molecule has 0 aromatic heterocycles. The van der Waals surface area contributed by atoms with Crippen molar-refractivity contribution in [2.24, 2.45) is 5.92 Å². The summed E-state index contributed by atoms with van der Waals surface area (Å²) in [7, 11) is 1.70. The second-order valence-corrected chi connectivity index (χ2v) is 7.33. The third-order valence-electron chi connectivity index (χ3n) is 5.74. The lowest BCUT2D eigenvalue weighted by atomic mass is 9.97. The Balaban J connectivity index is 1.60. The van der Waals surface area contributed by atoms with Gasteiger partial charge in [-0.15, -0.1) is 0 Å². The fraction of sp³-hybridized carbons (Fsp3) is 0.650. The zero-order valence-corrected chi connectivity index (χ0v) is 16.2. The molecule has 0 aliphatic carbocycles. The molecule has 0 spiro atoms. The van der Waals surface area contributed by atoms with E-state index in [4.69, 9.17) is 9.47 Å². The Hall–Kier alpha value is -1.70. The molecule has 2 aliphatic heterocycles. The van der Waals surface area contributed by atoms with Gasteiger partial charge in [0.25, 0.3) is 0 Å². The Labute approximate surface area is 160 Å². The van der Waals surface area contributed by atoms with Gasteiger partial charge in [-0.3, -0.25) is 4.90 Å². The fourth-order valence-electron chi connectivity index (χ4n) is 3.87. The first-order valence-corrected chi connectivity index (χ1v) is 9.72. The van der Waals surface area contributed by atoms with Crippen LogP contribution in [0.2, 0.25) is 0 Å². The number of hydrogen-bond acceptors (Lipinski definition) is 4. The number of nitrogens with one attached hydrogen (secondary N) is 1. The number of halogens is 1. The minimum atomic E-state index is -0.345. The van der Waals surface area contributed by atoms with Crippen LogP contribution in [0.25, 0.3) is 0 Å². The number of carbonyl (C=O) groups excluding carboxylic acids is 1. The van der Waals surface area contributed by atoms with Crippen molar-refractivity contribution in [2.75, 3.05) is 53.1 Å². The van der Waals surface area contributed by atoms with Crippen molar-refractivity contribution in [1.82, 2.24) is 15.1 Å². The Morgan fingerprint density at radius 3 is 2.70 bits per heavy atom. The van der Waals surface area contributed by atoms with Crippen molar-refractivity contribution in [3.8, 4) is 0 Å². The van der Waals surface area contributed by atoms with Crippen LogP contribution >= 0.6 is 0 Å². The van der Waals surface area contributed by atoms with E-state index in [0.29, 0.717) is 18.0 Å². The summed E-state index contributed by atoms with van der Waals surface area (Å²) < 4.78 is 25.1. The topological polar surface area (TPSA) is 54.0 Å². The standard InChI is InChI=1S/C20H30FN3O3/c1-15(17-5-3-4-6-18(17)21)23(2)20(25)22-13-19(16-7-10-27-14-16)24-8-11-26-12-9-24/h3-6,15-16,19H,7-14H2,1-2H3,(H,22,25). The highest BCUT2D eigenvalue weighted by atomic mass is 19.1. The van der Waals surface area contributed by atoms with Crippen molar-refractivity contribution in [3.63, 3.8) is 0 Å². The molecule has 2 aliphatic rings. The maximum absolute atomic E-state index is 14.0. The fourth-order valence-corrected chi connectivity index (χ4v) is 3.87. The van der Waals surface area contributed by atoms with E-state index in [0.717, 1.165) is 45.9 Å². The van der Waals surface area contributed by atoms with E-state index in [1.54, 1.807) is 30.1 Å². The summed E-state index contributed by atoms with van der Waals surface area (Å²) in [4.78, 5) is 16.6. The first kappa shape index (κ1) is 20.0. The van der Waals surface area contributed by atoms with Crippen LogP contribution in [-0.4, -0.2) is 75.0 Å². The molecule has 6 nitrogen and oxygen atoms in total. The van der Waals surface area contributed by atoms with E-state index < -0.39 is 0 Å². The summed E-state index contributed by atoms with van der Waals surface area (Å²) in [5, 5.41) is 3.05. The maximum atomic E-state index is 14.0. The summed E-state index contributed by atoms with van der Waals surface area (Å²) in [6.45, 7) is 7.11. The number of nitrogens with zero attached hydrogens (tertiary/aromatic N) is 2. The lowest BCUT2D eigenvalue weighted by molar-refractivity contribution is 0.00184. The molecule has 2 heterocycles. The molecule has 0 bridgehead atoms. The van der Waals surface area contributed by atoms with E-state index in [1.807, 2.05) is 6.92 Å². The summed E-state index contributed by atoms with van der Waals surface area (Å²) in [6.07, 6.45) is 1.01. The molecule has 150 valence electrons. The van der Waals surface area contributed by atoms with Crippen LogP contribution in [0.4, 0.5) is 9.18 Å². The summed E-state index contributed by atoms with van der Waals surface area (Å²) in [5.41, 5.74) is 0.518. The Morgan fingerprint density at radius 1 is 1.30 bits per heavy atom. The van der Waals surface area contributed by atoms with Crippen LogP contribution in [0.5, 0.6) is 0 Å². The molecular formula is C20H30FN3O3. The number of carbonyl (C=O) groups is 1. The number of rotatable bonds is 6. The van der Waals surface area contributed by atoms with Gasteiger partial charge >= 0.3 is 6.03 Å². The number of morpholine rings is 1. The second-order valence-electron chi connectivity index (χ2n) is 7.33. The van der Waals surface area contributed by atoms with Crippen molar-refractivity contribution in [3.05, 3.63) is 35.6 Å². The SMILES string of the molecule is CC(c1ccccc1F)N(C)C(=O)NCC(C1CCOC1)N1CCOCC1. The number of benzene rings is 1. The molecule has 1 aromatic rings. The molecule has 3 atom stereocenters. The lowest BCUT2D eigenvalue weighted by Gasteiger charge is -2.38. The molecule has 2 saturated heterocycles. The molecule has 3 unspecified atom stereocenters. The Bertz CT molecular complexity index is 618. The van der Waals surface area contributed by atoms with Crippen molar-refractivity contribution >= 4 is 6.03 Å². The van der Waals surface area contributed by atoms with Crippen molar-refractivity contribution in [2.45, 2.75) is 25.4 Å². The highest BCUT2D eigenvalue weighted by Gasteiger charge is 2.32. The molecule has 3 rings (SSSR count). The number of urea groups is 1. The first-order chi connectivity index (χ1) is 13.1. The monoisotopic (exact) mass is 379 g/mol. The Morgan fingerprint density at radius 2 is 2.04 bits per heavy atom. The first-order valence-electron chi connectivity index (χ1n) is 9.72. The smallest absolute Gasteiger partial charge is 0.317 e. The Kier molecular flexibility index (Phi) is 7.04. The van der Waals surface area contributed by atoms with Gasteiger partial charge in [0.05, 0.1) is 25.9 Å². The van der Waals surface area contributed by atoms with Gasteiger partial charge in [-0.2, -0.15) is 0 Å². The number of hydrogen-bond donors (Lipinski definition) is 1. The summed E-state index contributed by atoms with van der Waals surface area (Å²) in [5.74, 6) is 0.122. The molecule has 2 fully saturated rings. The van der Waals surface area contributed by atoms with Crippen LogP contribution in [0.3, 0.4) is 0 Å². The molecule has 2 amide bonds. The van der Waals surface area contributed by atoms with Gasteiger partial charge in [-0.05, 0) is 19.4 Å². The average Bonchev–Trinajstić information content (AvgIpc) is 3.22. The number of ether oxygens (including phenoxy) is 2. The molecule has 27 heavy (non-hydrogen) atoms. The summed E-state index contributed by atoms with van der Waals surface area (Å²) >= 11 is 0. The minimum absolute atomic E-state index is 0.192. The largest absolute Gasteiger partial charge is 0.381 e. The van der Waals surface area contributed by atoms with E-state index in [9.17, 15) is 9.18 Å². The van der Waals surface area contributed by atoms with Crippen LogP contribution in [0.1, 0.15) is 24.9 Å². The van der Waals surface area contributed by atoms with Gasteiger partial charge in [0.1, 0.15) is 5.82 Å². The van der Waals surface area contributed by atoms with Gasteiger partial charge in [0, 0.05) is 50.8 Å². The van der Waals surface area contributed by atoms with Gasteiger partial charge in [0.15, 0.2) is 0 Å². The maximum Gasteiger partial charge on any atom is 0.317 e. The third-order valence-corrected chi connectivity index (χ3v) is 5.74. The van der Waals surface area contributed by atoms with Crippen LogP contribution in [-0.2, 0) is 9.47 Å². The van der Waals surface area contributed by atoms with Crippen molar-refractivity contribution in [1.29, 1.82) is 0 Å². The molecular weight excluding hydrogens is 349 g/mol. The van der Waals surface area contributed by atoms with E-state index >= 15 is 0 Å². The molecule has 1 aromatic carbocycles. The molecule has 7 heteroatoms. The zero-order valence-electron chi connectivity index (χ0n) is 16.2.